The number of likely N-dealkylation sites (tertiary alicyclic amines) is 1. The fourth-order valence-electron chi connectivity index (χ4n) is 3.52. The standard InChI is InChI=1S/C18H21N3O3/c1-22-16-7-13(8-17-18(16)24-12-23-17)9-21-6-2-3-14(10-21)15-4-5-19-11-20-15/h4-5,7-8,11,14H,2-3,6,9-10,12H2,1H3/t14-/m1/s1. The molecule has 126 valence electrons. The lowest BCUT2D eigenvalue weighted by Crippen LogP contribution is -2.34. The number of hydrogen-bond donors (Lipinski definition) is 0. The van der Waals surface area contributed by atoms with Crippen LogP contribution in [0.5, 0.6) is 17.2 Å². The maximum absolute atomic E-state index is 5.52. The van der Waals surface area contributed by atoms with Gasteiger partial charge >= 0.3 is 0 Å². The topological polar surface area (TPSA) is 56.7 Å². The van der Waals surface area contributed by atoms with Crippen molar-refractivity contribution in [2.45, 2.75) is 25.3 Å². The van der Waals surface area contributed by atoms with E-state index in [1.54, 1.807) is 13.4 Å². The van der Waals surface area contributed by atoms with Crippen molar-refractivity contribution >= 4 is 0 Å². The Hall–Kier alpha value is -2.34. The van der Waals surface area contributed by atoms with E-state index in [1.165, 1.54) is 18.4 Å². The van der Waals surface area contributed by atoms with Gasteiger partial charge in [-0.1, -0.05) is 0 Å². The first kappa shape index (κ1) is 15.2. The van der Waals surface area contributed by atoms with Crippen LogP contribution in [0.25, 0.3) is 0 Å². The molecule has 0 amide bonds. The zero-order valence-electron chi connectivity index (χ0n) is 13.8. The summed E-state index contributed by atoms with van der Waals surface area (Å²) in [5.74, 6) is 2.69. The van der Waals surface area contributed by atoms with E-state index < -0.39 is 0 Å². The summed E-state index contributed by atoms with van der Waals surface area (Å²) in [6.45, 7) is 3.23. The number of benzene rings is 1. The van der Waals surface area contributed by atoms with E-state index in [0.717, 1.165) is 36.8 Å². The van der Waals surface area contributed by atoms with Crippen molar-refractivity contribution in [1.82, 2.24) is 14.9 Å². The highest BCUT2D eigenvalue weighted by Gasteiger charge is 2.24. The molecule has 6 nitrogen and oxygen atoms in total. The third-order valence-electron chi connectivity index (χ3n) is 4.65. The molecule has 1 atom stereocenters. The van der Waals surface area contributed by atoms with Gasteiger partial charge < -0.3 is 14.2 Å². The van der Waals surface area contributed by atoms with Crippen molar-refractivity contribution in [3.63, 3.8) is 0 Å². The van der Waals surface area contributed by atoms with Gasteiger partial charge in [-0.25, -0.2) is 9.97 Å². The molecule has 1 saturated heterocycles. The second-order valence-electron chi connectivity index (χ2n) is 6.24. The summed E-state index contributed by atoms with van der Waals surface area (Å²) in [6, 6.07) is 6.12. The minimum Gasteiger partial charge on any atom is -0.493 e. The van der Waals surface area contributed by atoms with Gasteiger partial charge in [0.1, 0.15) is 6.33 Å². The molecule has 0 spiro atoms. The normalized spacial score (nSPS) is 20.1. The van der Waals surface area contributed by atoms with Crippen LogP contribution >= 0.6 is 0 Å². The Morgan fingerprint density at radius 2 is 2.29 bits per heavy atom. The first-order valence-electron chi connectivity index (χ1n) is 8.28. The minimum absolute atomic E-state index is 0.259. The Balaban J connectivity index is 1.49. The molecule has 6 heteroatoms. The zero-order chi connectivity index (χ0) is 16.4. The van der Waals surface area contributed by atoms with Crippen LogP contribution < -0.4 is 14.2 Å². The van der Waals surface area contributed by atoms with Gasteiger partial charge in [0.05, 0.1) is 7.11 Å². The van der Waals surface area contributed by atoms with Crippen molar-refractivity contribution in [1.29, 1.82) is 0 Å². The van der Waals surface area contributed by atoms with Crippen molar-refractivity contribution in [3.05, 3.63) is 42.0 Å². The SMILES string of the molecule is COc1cc(CN2CCC[C@@H](c3ccncn3)C2)cc2c1OCO2. The molecule has 0 saturated carbocycles. The summed E-state index contributed by atoms with van der Waals surface area (Å²) in [7, 11) is 1.66. The molecule has 2 aliphatic heterocycles. The van der Waals surface area contributed by atoms with Crippen LogP contribution in [-0.2, 0) is 6.54 Å². The average molecular weight is 327 g/mol. The van der Waals surface area contributed by atoms with Crippen LogP contribution in [0, 0.1) is 0 Å². The third kappa shape index (κ3) is 3.01. The predicted molar refractivity (Wildman–Crippen MR) is 88.4 cm³/mol. The van der Waals surface area contributed by atoms with Gasteiger partial charge in [0.15, 0.2) is 11.5 Å². The van der Waals surface area contributed by atoms with Crippen LogP contribution in [0.1, 0.15) is 30.0 Å². The summed E-state index contributed by atoms with van der Waals surface area (Å²) in [4.78, 5) is 10.9. The number of nitrogens with zero attached hydrogens (tertiary/aromatic N) is 3. The van der Waals surface area contributed by atoms with Gasteiger partial charge in [-0.05, 0) is 43.1 Å². The first-order valence-corrected chi connectivity index (χ1v) is 8.28. The molecule has 3 heterocycles. The molecule has 1 aromatic carbocycles. The minimum atomic E-state index is 0.259. The summed E-state index contributed by atoms with van der Waals surface area (Å²) in [5.41, 5.74) is 2.32. The number of hydrogen-bond acceptors (Lipinski definition) is 6. The average Bonchev–Trinajstić information content (AvgIpc) is 3.10. The second kappa shape index (κ2) is 6.65. The van der Waals surface area contributed by atoms with Crippen molar-refractivity contribution in [3.8, 4) is 17.2 Å². The molecule has 0 unspecified atom stereocenters. The number of ether oxygens (including phenoxy) is 3. The third-order valence-corrected chi connectivity index (χ3v) is 4.65. The Bertz CT molecular complexity index is 708. The molecule has 2 aromatic rings. The Kier molecular flexibility index (Phi) is 4.21. The van der Waals surface area contributed by atoms with Gasteiger partial charge in [-0.2, -0.15) is 0 Å². The molecule has 24 heavy (non-hydrogen) atoms. The molecular weight excluding hydrogens is 306 g/mol. The maximum atomic E-state index is 5.52. The van der Waals surface area contributed by atoms with E-state index in [1.807, 2.05) is 18.3 Å². The van der Waals surface area contributed by atoms with Gasteiger partial charge in [0.2, 0.25) is 12.5 Å². The fraction of sp³-hybridized carbons (Fsp3) is 0.444. The largest absolute Gasteiger partial charge is 0.493 e. The Labute approximate surface area is 141 Å². The van der Waals surface area contributed by atoms with Crippen molar-refractivity contribution in [2.75, 3.05) is 27.0 Å². The fourth-order valence-corrected chi connectivity index (χ4v) is 3.52. The van der Waals surface area contributed by atoms with Crippen LogP contribution in [0.15, 0.2) is 30.7 Å². The number of piperidine rings is 1. The first-order chi connectivity index (χ1) is 11.8. The van der Waals surface area contributed by atoms with E-state index in [4.69, 9.17) is 14.2 Å². The molecule has 2 aliphatic rings. The smallest absolute Gasteiger partial charge is 0.231 e. The highest BCUT2D eigenvalue weighted by Crippen LogP contribution is 2.42. The van der Waals surface area contributed by atoms with Gasteiger partial charge in [0, 0.05) is 30.9 Å². The lowest BCUT2D eigenvalue weighted by molar-refractivity contribution is 0.171. The Morgan fingerprint density at radius 1 is 1.33 bits per heavy atom. The number of fused-ring (bicyclic) bond motifs is 1. The molecule has 4 rings (SSSR count). The quantitative estimate of drug-likeness (QED) is 0.860. The van der Waals surface area contributed by atoms with E-state index in [0.29, 0.717) is 11.7 Å². The number of aromatic nitrogens is 2. The van der Waals surface area contributed by atoms with Gasteiger partial charge in [0.25, 0.3) is 0 Å². The molecular formula is C18H21N3O3. The zero-order valence-corrected chi connectivity index (χ0v) is 13.8. The van der Waals surface area contributed by atoms with Crippen molar-refractivity contribution in [2.24, 2.45) is 0 Å². The van der Waals surface area contributed by atoms with Crippen molar-refractivity contribution < 1.29 is 14.2 Å². The summed E-state index contributed by atoms with van der Waals surface area (Å²) < 4.78 is 16.4. The summed E-state index contributed by atoms with van der Waals surface area (Å²) in [6.07, 6.45) is 5.81. The highest BCUT2D eigenvalue weighted by molar-refractivity contribution is 5.55. The van der Waals surface area contributed by atoms with E-state index in [9.17, 15) is 0 Å². The predicted octanol–water partition coefficient (Wildman–Crippen LogP) is 2.59. The van der Waals surface area contributed by atoms with Crippen LogP contribution in [-0.4, -0.2) is 41.9 Å². The lowest BCUT2D eigenvalue weighted by Gasteiger charge is -2.32. The van der Waals surface area contributed by atoms with Crippen LogP contribution in [0.4, 0.5) is 0 Å². The second-order valence-corrected chi connectivity index (χ2v) is 6.24. The lowest BCUT2D eigenvalue weighted by atomic mass is 9.94. The number of rotatable bonds is 4. The summed E-state index contributed by atoms with van der Waals surface area (Å²) in [5, 5.41) is 0. The Morgan fingerprint density at radius 3 is 3.12 bits per heavy atom. The molecule has 0 aliphatic carbocycles. The van der Waals surface area contributed by atoms with Crippen LogP contribution in [0.2, 0.25) is 0 Å². The molecule has 0 radical (unpaired) electrons. The van der Waals surface area contributed by atoms with E-state index >= 15 is 0 Å². The van der Waals surface area contributed by atoms with Gasteiger partial charge in [-0.3, -0.25) is 4.90 Å². The molecule has 0 bridgehead atoms. The van der Waals surface area contributed by atoms with Gasteiger partial charge in [-0.15, -0.1) is 0 Å². The number of methoxy groups -OCH3 is 1. The summed E-state index contributed by atoms with van der Waals surface area (Å²) >= 11 is 0. The monoisotopic (exact) mass is 327 g/mol. The maximum Gasteiger partial charge on any atom is 0.231 e. The van der Waals surface area contributed by atoms with Crippen LogP contribution in [0.3, 0.4) is 0 Å². The van der Waals surface area contributed by atoms with E-state index in [2.05, 4.69) is 20.9 Å². The highest BCUT2D eigenvalue weighted by atomic mass is 16.7. The molecule has 1 aromatic heterocycles. The molecule has 1 fully saturated rings. The molecule has 0 N–H and O–H groups in total. The van der Waals surface area contributed by atoms with E-state index in [-0.39, 0.29) is 6.79 Å².